The quantitative estimate of drug-likeness (QED) is 0.371. The van der Waals surface area contributed by atoms with Crippen molar-refractivity contribution < 1.29 is 80.1 Å². The molecule has 0 aromatic carbocycles. The van der Waals surface area contributed by atoms with Crippen molar-refractivity contribution in [2.45, 2.75) is 36.8 Å². The minimum atomic E-state index is -2.43. The van der Waals surface area contributed by atoms with E-state index in [2.05, 4.69) is 0 Å². The molecule has 130 valence electrons. The van der Waals surface area contributed by atoms with Crippen LogP contribution in [0.25, 0.3) is 0 Å². The molecule has 12 nitrogen and oxygen atoms in total. The van der Waals surface area contributed by atoms with Crippen molar-refractivity contribution in [3.05, 3.63) is 0 Å². The maximum atomic E-state index is 10.6. The fourth-order valence-corrected chi connectivity index (χ4v) is 1.86. The van der Waals surface area contributed by atoms with Gasteiger partial charge >= 0.3 is 29.6 Å². The number of carboxylic acid groups (broad SMARTS) is 4. The van der Waals surface area contributed by atoms with E-state index >= 15 is 0 Å². The van der Waals surface area contributed by atoms with Crippen LogP contribution in [0.5, 0.6) is 0 Å². The smallest absolute Gasteiger partial charge is 0.550 e. The minimum absolute atomic E-state index is 0. The Kier molecular flexibility index (Phi) is 14.6. The van der Waals surface area contributed by atoms with E-state index < -0.39 is 60.6 Å². The average molecular weight is 347 g/mol. The molecule has 0 aromatic heterocycles. The molecule has 13 heteroatoms. The van der Waals surface area contributed by atoms with E-state index in [0.717, 1.165) is 0 Å². The molecule has 0 amide bonds. The molecule has 0 bridgehead atoms. The summed E-state index contributed by atoms with van der Waals surface area (Å²) in [6.45, 7) is 0. The Morgan fingerprint density at radius 3 is 0.826 bits per heavy atom. The minimum Gasteiger partial charge on any atom is -0.550 e. The SMILES string of the molecule is NC(CC(=O)[O-])(CC(=O)[O-])C(N)(CC(=O)[O-])CC(=O)[O-].O.O.[Na+]. The monoisotopic (exact) mass is 347 g/mol. The zero-order valence-electron chi connectivity index (χ0n) is 12.2. The number of aliphatic carboxylic acids is 4. The molecule has 0 heterocycles. The van der Waals surface area contributed by atoms with Gasteiger partial charge in [0.2, 0.25) is 0 Å². The van der Waals surface area contributed by atoms with Crippen molar-refractivity contribution in [2.24, 2.45) is 11.5 Å². The van der Waals surface area contributed by atoms with E-state index in [1.807, 2.05) is 0 Å². The molecule has 0 aromatic rings. The van der Waals surface area contributed by atoms with Crippen molar-refractivity contribution in [3.8, 4) is 0 Å². The van der Waals surface area contributed by atoms with Gasteiger partial charge in [-0.05, 0) is 0 Å². The fourth-order valence-electron chi connectivity index (χ4n) is 1.86. The molecule has 0 saturated heterocycles. The fraction of sp³-hybridized carbons (Fsp3) is 0.600. The van der Waals surface area contributed by atoms with Crippen molar-refractivity contribution in [1.29, 1.82) is 0 Å². The Morgan fingerprint density at radius 2 is 0.739 bits per heavy atom. The molecule has 0 aliphatic rings. The predicted molar refractivity (Wildman–Crippen MR) is 59.6 cm³/mol. The first kappa shape index (κ1) is 29.7. The topological polar surface area (TPSA) is 276 Å². The third-order valence-corrected chi connectivity index (χ3v) is 2.83. The number of carboxylic acids is 4. The molecule has 0 radical (unpaired) electrons. The molecule has 0 unspecified atom stereocenters. The number of rotatable bonds is 9. The van der Waals surface area contributed by atoms with Gasteiger partial charge in [0.1, 0.15) is 0 Å². The molecule has 0 aliphatic carbocycles. The first-order valence-corrected chi connectivity index (χ1v) is 5.29. The van der Waals surface area contributed by atoms with Crippen LogP contribution in [0.2, 0.25) is 0 Å². The maximum Gasteiger partial charge on any atom is 1.00 e. The number of carbonyl (C=O) groups is 4. The summed E-state index contributed by atoms with van der Waals surface area (Å²) in [4.78, 5) is 42.5. The van der Waals surface area contributed by atoms with Crippen LogP contribution in [0.15, 0.2) is 0 Å². The molecule has 0 saturated carbocycles. The van der Waals surface area contributed by atoms with Crippen LogP contribution in [0, 0.1) is 0 Å². The number of hydrogen-bond acceptors (Lipinski definition) is 10. The van der Waals surface area contributed by atoms with Crippen LogP contribution in [0.4, 0.5) is 0 Å². The van der Waals surface area contributed by atoms with Gasteiger partial charge < -0.3 is 62.0 Å². The van der Waals surface area contributed by atoms with E-state index in [-0.39, 0.29) is 40.5 Å². The first-order valence-electron chi connectivity index (χ1n) is 5.29. The third-order valence-electron chi connectivity index (χ3n) is 2.83. The van der Waals surface area contributed by atoms with Gasteiger partial charge in [-0.25, -0.2) is 0 Å². The molecule has 8 N–H and O–H groups in total. The van der Waals surface area contributed by atoms with Crippen molar-refractivity contribution in [2.75, 3.05) is 0 Å². The van der Waals surface area contributed by atoms with Crippen LogP contribution in [-0.2, 0) is 19.2 Å². The second-order valence-electron chi connectivity index (χ2n) is 4.51. The standard InChI is InChI=1S/C10H16N2O8.Na.2H2O/c11-9(1-5(13)14,2-6(15)16)10(12,3-7(17)18)4-8(19)20;;;/h1-4,11-12H2,(H,13,14)(H,15,16)(H,17,18)(H,19,20);;2*1H2/q;+1;;/p-4. The van der Waals surface area contributed by atoms with Gasteiger partial charge in [0.05, 0.1) is 0 Å². The molecule has 0 spiro atoms. The van der Waals surface area contributed by atoms with E-state index in [9.17, 15) is 39.6 Å². The van der Waals surface area contributed by atoms with Gasteiger partial charge in [0, 0.05) is 60.6 Å². The van der Waals surface area contributed by atoms with Gasteiger partial charge in [-0.3, -0.25) is 0 Å². The van der Waals surface area contributed by atoms with Crippen molar-refractivity contribution >= 4 is 23.9 Å². The Bertz CT molecular complexity index is 369. The molecular weight excluding hydrogens is 331 g/mol. The Balaban J connectivity index is -0.000000602. The zero-order valence-corrected chi connectivity index (χ0v) is 14.2. The van der Waals surface area contributed by atoms with Crippen molar-refractivity contribution in [1.82, 2.24) is 0 Å². The van der Waals surface area contributed by atoms with Gasteiger partial charge in [0.25, 0.3) is 0 Å². The average Bonchev–Trinajstić information content (AvgIpc) is 2.10. The van der Waals surface area contributed by atoms with Crippen LogP contribution in [0.1, 0.15) is 25.7 Å². The van der Waals surface area contributed by atoms with Gasteiger partial charge in [-0.15, -0.1) is 0 Å². The second-order valence-corrected chi connectivity index (χ2v) is 4.51. The summed E-state index contributed by atoms with van der Waals surface area (Å²) < 4.78 is 0. The largest absolute Gasteiger partial charge is 1.00 e. The number of hydrogen-bond donors (Lipinski definition) is 2. The summed E-state index contributed by atoms with van der Waals surface area (Å²) in [5, 5.41) is 42.5. The van der Waals surface area contributed by atoms with Gasteiger partial charge in [-0.1, -0.05) is 0 Å². The zero-order chi connectivity index (χ0) is 16.1. The molecule has 0 atom stereocenters. The van der Waals surface area contributed by atoms with Gasteiger partial charge in [0.15, 0.2) is 0 Å². The predicted octanol–water partition coefficient (Wildman–Crippen LogP) is -11.7. The molecule has 0 aliphatic heterocycles. The number of carbonyl (C=O) groups excluding carboxylic acids is 4. The Labute approximate surface area is 152 Å². The maximum absolute atomic E-state index is 10.6. The summed E-state index contributed by atoms with van der Waals surface area (Å²) in [6, 6.07) is 0. The summed E-state index contributed by atoms with van der Waals surface area (Å²) in [7, 11) is 0. The molecule has 0 rings (SSSR count). The molecule has 23 heavy (non-hydrogen) atoms. The first-order chi connectivity index (χ1) is 8.92. The Hall–Kier alpha value is -1.28. The van der Waals surface area contributed by atoms with Gasteiger partial charge in [-0.2, -0.15) is 0 Å². The van der Waals surface area contributed by atoms with Crippen molar-refractivity contribution in [3.63, 3.8) is 0 Å². The van der Waals surface area contributed by atoms with Crippen LogP contribution in [-0.4, -0.2) is 45.9 Å². The summed E-state index contributed by atoms with van der Waals surface area (Å²) in [5.74, 6) is -7.33. The molecular formula is C10H16N2NaO10-3. The molecule has 0 fully saturated rings. The summed E-state index contributed by atoms with van der Waals surface area (Å²) in [6.07, 6.45) is -4.73. The van der Waals surface area contributed by atoms with Crippen LogP contribution < -0.4 is 61.5 Å². The van der Waals surface area contributed by atoms with E-state index in [4.69, 9.17) is 11.5 Å². The van der Waals surface area contributed by atoms with E-state index in [0.29, 0.717) is 0 Å². The van der Waals surface area contributed by atoms with Crippen LogP contribution in [0.3, 0.4) is 0 Å². The third kappa shape index (κ3) is 9.45. The van der Waals surface area contributed by atoms with E-state index in [1.54, 1.807) is 0 Å². The summed E-state index contributed by atoms with van der Waals surface area (Å²) >= 11 is 0. The normalized spacial score (nSPS) is 10.3. The summed E-state index contributed by atoms with van der Waals surface area (Å²) in [5.41, 5.74) is 6.20. The Morgan fingerprint density at radius 1 is 0.609 bits per heavy atom. The van der Waals surface area contributed by atoms with E-state index in [1.165, 1.54) is 0 Å². The number of nitrogens with two attached hydrogens (primary N) is 2. The van der Waals surface area contributed by atoms with Crippen LogP contribution >= 0.6 is 0 Å². The second kappa shape index (κ2) is 11.3.